The van der Waals surface area contributed by atoms with Crippen LogP contribution in [0, 0.1) is 6.92 Å². The Hall–Kier alpha value is -1.20. The number of carbonyl (C=O) groups is 1. The molecule has 0 spiro atoms. The molecule has 0 aromatic carbocycles. The number of carbonyl (C=O) groups excluding carboxylic acids is 1. The quantitative estimate of drug-likeness (QED) is 0.607. The molecule has 2 heterocycles. The summed E-state index contributed by atoms with van der Waals surface area (Å²) in [7, 11) is 0. The molecule has 0 unspecified atom stereocenters. The lowest BCUT2D eigenvalue weighted by Gasteiger charge is -2.09. The zero-order valence-corrected chi connectivity index (χ0v) is 11.3. The number of rotatable bonds is 2. The second kappa shape index (κ2) is 4.98. The van der Waals surface area contributed by atoms with E-state index in [0.29, 0.717) is 15.8 Å². The van der Waals surface area contributed by atoms with E-state index in [1.54, 1.807) is 11.0 Å². The van der Waals surface area contributed by atoms with E-state index in [0.717, 1.165) is 11.4 Å². The first-order chi connectivity index (χ1) is 8.11. The third kappa shape index (κ3) is 2.56. The summed E-state index contributed by atoms with van der Waals surface area (Å²) < 4.78 is 0.622. The number of hydrogen-bond acceptors (Lipinski definition) is 4. The lowest BCUT2D eigenvalue weighted by Crippen LogP contribution is -2.27. The van der Waals surface area contributed by atoms with Crippen LogP contribution in [0.3, 0.4) is 0 Å². The molecule has 0 radical (unpaired) electrons. The molecule has 0 atom stereocenters. The fourth-order valence-electron chi connectivity index (χ4n) is 1.55. The highest BCUT2D eigenvalue weighted by molar-refractivity contribution is 8.26. The van der Waals surface area contributed by atoms with Gasteiger partial charge in [-0.05, 0) is 32.1 Å². The van der Waals surface area contributed by atoms with Crippen molar-refractivity contribution in [2.45, 2.75) is 13.8 Å². The second-order valence-electron chi connectivity index (χ2n) is 3.63. The molecule has 0 bridgehead atoms. The molecule has 1 fully saturated rings. The van der Waals surface area contributed by atoms with Gasteiger partial charge in [0.25, 0.3) is 5.91 Å². The lowest BCUT2D eigenvalue weighted by atomic mass is 10.3. The highest BCUT2D eigenvalue weighted by Crippen LogP contribution is 2.31. The summed E-state index contributed by atoms with van der Waals surface area (Å²) in [4.78, 5) is 18.5. The SMILES string of the molecule is CCN1C(=O)/C(=C/c2cccc(C)n2)SC1=S. The molecular weight excluding hydrogens is 252 g/mol. The van der Waals surface area contributed by atoms with Crippen molar-refractivity contribution in [3.8, 4) is 0 Å². The van der Waals surface area contributed by atoms with Crippen molar-refractivity contribution in [2.24, 2.45) is 0 Å². The summed E-state index contributed by atoms with van der Waals surface area (Å²) in [5.41, 5.74) is 1.73. The number of aromatic nitrogens is 1. The average molecular weight is 264 g/mol. The van der Waals surface area contributed by atoms with E-state index in [1.807, 2.05) is 32.0 Å². The molecule has 1 saturated heterocycles. The zero-order chi connectivity index (χ0) is 12.4. The summed E-state index contributed by atoms with van der Waals surface area (Å²) in [6.45, 7) is 4.45. The predicted octanol–water partition coefficient (Wildman–Crippen LogP) is 2.61. The van der Waals surface area contributed by atoms with Crippen LogP contribution in [0.15, 0.2) is 23.1 Å². The van der Waals surface area contributed by atoms with Gasteiger partial charge < -0.3 is 0 Å². The first kappa shape index (κ1) is 12.3. The van der Waals surface area contributed by atoms with Gasteiger partial charge in [0, 0.05) is 12.2 Å². The first-order valence-electron chi connectivity index (χ1n) is 5.31. The second-order valence-corrected chi connectivity index (χ2v) is 5.31. The Kier molecular flexibility index (Phi) is 3.59. The predicted molar refractivity (Wildman–Crippen MR) is 74.5 cm³/mol. The average Bonchev–Trinajstić information content (AvgIpc) is 2.54. The van der Waals surface area contributed by atoms with Crippen molar-refractivity contribution in [1.29, 1.82) is 0 Å². The van der Waals surface area contributed by atoms with Gasteiger partial charge in [-0.25, -0.2) is 0 Å². The van der Waals surface area contributed by atoms with Gasteiger partial charge in [0.1, 0.15) is 4.32 Å². The standard InChI is InChI=1S/C12H12N2OS2/c1-3-14-11(15)10(17-12(14)16)7-9-6-4-5-8(2)13-9/h4-7H,3H2,1-2H3/b10-7-. The minimum absolute atomic E-state index is 0.0224. The van der Waals surface area contributed by atoms with Crippen LogP contribution >= 0.6 is 24.0 Å². The summed E-state index contributed by atoms with van der Waals surface area (Å²) in [6.07, 6.45) is 1.79. The van der Waals surface area contributed by atoms with Crippen molar-refractivity contribution in [3.63, 3.8) is 0 Å². The molecule has 1 aliphatic rings. The smallest absolute Gasteiger partial charge is 0.266 e. The van der Waals surface area contributed by atoms with Crippen LogP contribution in [0.1, 0.15) is 18.3 Å². The Morgan fingerprint density at radius 1 is 1.53 bits per heavy atom. The van der Waals surface area contributed by atoms with Gasteiger partial charge in [-0.1, -0.05) is 30.0 Å². The van der Waals surface area contributed by atoms with E-state index in [9.17, 15) is 4.79 Å². The normalized spacial score (nSPS) is 18.2. The number of pyridine rings is 1. The monoisotopic (exact) mass is 264 g/mol. The van der Waals surface area contributed by atoms with Crippen LogP contribution in [0.25, 0.3) is 6.08 Å². The van der Waals surface area contributed by atoms with Crippen molar-refractivity contribution in [2.75, 3.05) is 6.54 Å². The Morgan fingerprint density at radius 3 is 2.88 bits per heavy atom. The van der Waals surface area contributed by atoms with E-state index >= 15 is 0 Å². The van der Waals surface area contributed by atoms with Gasteiger partial charge in [0.2, 0.25) is 0 Å². The third-order valence-corrected chi connectivity index (χ3v) is 3.76. The molecule has 1 amide bonds. The van der Waals surface area contributed by atoms with Crippen LogP contribution < -0.4 is 0 Å². The first-order valence-corrected chi connectivity index (χ1v) is 6.53. The van der Waals surface area contributed by atoms with Gasteiger partial charge in [0.15, 0.2) is 0 Å². The van der Waals surface area contributed by atoms with Gasteiger partial charge in [0.05, 0.1) is 10.6 Å². The van der Waals surface area contributed by atoms with Crippen molar-refractivity contribution in [1.82, 2.24) is 9.88 Å². The molecule has 1 aliphatic heterocycles. The summed E-state index contributed by atoms with van der Waals surface area (Å²) >= 11 is 6.48. The molecule has 17 heavy (non-hydrogen) atoms. The van der Waals surface area contributed by atoms with Crippen LogP contribution in [-0.2, 0) is 4.79 Å². The van der Waals surface area contributed by atoms with Crippen LogP contribution in [-0.4, -0.2) is 26.7 Å². The van der Waals surface area contributed by atoms with Crippen molar-refractivity contribution < 1.29 is 4.79 Å². The van der Waals surface area contributed by atoms with Crippen LogP contribution in [0.5, 0.6) is 0 Å². The van der Waals surface area contributed by atoms with E-state index in [-0.39, 0.29) is 5.91 Å². The minimum Gasteiger partial charge on any atom is -0.293 e. The maximum absolute atomic E-state index is 12.0. The molecule has 1 aromatic heterocycles. The summed E-state index contributed by atoms with van der Waals surface area (Å²) in [6, 6.07) is 5.73. The largest absolute Gasteiger partial charge is 0.293 e. The minimum atomic E-state index is -0.0224. The zero-order valence-electron chi connectivity index (χ0n) is 9.64. The Bertz CT molecular complexity index is 511. The van der Waals surface area contributed by atoms with Crippen LogP contribution in [0.4, 0.5) is 0 Å². The molecule has 2 rings (SSSR count). The van der Waals surface area contributed by atoms with E-state index in [1.165, 1.54) is 11.8 Å². The number of aryl methyl sites for hydroxylation is 1. The fraction of sp³-hybridized carbons (Fsp3) is 0.250. The van der Waals surface area contributed by atoms with E-state index < -0.39 is 0 Å². The molecule has 88 valence electrons. The van der Waals surface area contributed by atoms with Gasteiger partial charge in [-0.15, -0.1) is 0 Å². The molecular formula is C12H12N2OS2. The molecule has 0 N–H and O–H groups in total. The lowest BCUT2D eigenvalue weighted by molar-refractivity contribution is -0.121. The molecule has 0 saturated carbocycles. The highest BCUT2D eigenvalue weighted by atomic mass is 32.2. The number of amides is 1. The van der Waals surface area contributed by atoms with E-state index in [2.05, 4.69) is 4.98 Å². The molecule has 3 nitrogen and oxygen atoms in total. The Labute approximate surface area is 110 Å². The number of likely N-dealkylation sites (N-methyl/N-ethyl adjacent to an activating group) is 1. The maximum atomic E-state index is 12.0. The van der Waals surface area contributed by atoms with Gasteiger partial charge >= 0.3 is 0 Å². The molecule has 1 aromatic rings. The number of hydrogen-bond donors (Lipinski definition) is 0. The molecule has 5 heteroatoms. The Balaban J connectivity index is 2.30. The summed E-state index contributed by atoms with van der Waals surface area (Å²) in [5.74, 6) is -0.0224. The van der Waals surface area contributed by atoms with Gasteiger partial charge in [-0.3, -0.25) is 14.7 Å². The topological polar surface area (TPSA) is 33.2 Å². The van der Waals surface area contributed by atoms with Crippen LogP contribution in [0.2, 0.25) is 0 Å². The van der Waals surface area contributed by atoms with Crippen molar-refractivity contribution in [3.05, 3.63) is 34.5 Å². The number of thiocarbonyl (C=S) groups is 1. The van der Waals surface area contributed by atoms with E-state index in [4.69, 9.17) is 12.2 Å². The number of thioether (sulfide) groups is 1. The van der Waals surface area contributed by atoms with Gasteiger partial charge in [-0.2, -0.15) is 0 Å². The number of nitrogens with zero attached hydrogens (tertiary/aromatic N) is 2. The highest BCUT2D eigenvalue weighted by Gasteiger charge is 2.30. The fourth-order valence-corrected chi connectivity index (χ4v) is 2.92. The van der Waals surface area contributed by atoms with Crippen molar-refractivity contribution >= 4 is 40.3 Å². The summed E-state index contributed by atoms with van der Waals surface area (Å²) in [5, 5.41) is 0. The molecule has 0 aliphatic carbocycles. The maximum Gasteiger partial charge on any atom is 0.266 e. The Morgan fingerprint density at radius 2 is 2.29 bits per heavy atom. The third-order valence-electron chi connectivity index (χ3n) is 2.38.